The van der Waals surface area contributed by atoms with Crippen molar-refractivity contribution in [3.63, 3.8) is 0 Å². The molecular weight excluding hydrogens is 128 g/mol. The fraction of sp³-hybridized carbons (Fsp3) is 0.714. The van der Waals surface area contributed by atoms with E-state index in [0.29, 0.717) is 28.7 Å². The van der Waals surface area contributed by atoms with Crippen molar-refractivity contribution < 1.29 is 5.11 Å². The maximum atomic E-state index is 9.32. The van der Waals surface area contributed by atoms with Crippen molar-refractivity contribution in [1.29, 1.82) is 5.39 Å². The fourth-order valence-electron chi connectivity index (χ4n) is 2.47. The Morgan fingerprint density at radius 1 is 1.50 bits per heavy atom. The number of allylic oxidation sites excluding steroid dienone is 2. The normalized spacial score (nSPS) is 53.5. The number of aliphatic hydroxyl groups excluding tert-OH is 1. The van der Waals surface area contributed by atoms with Crippen molar-refractivity contribution in [1.82, 2.24) is 0 Å². The van der Waals surface area contributed by atoms with Crippen molar-refractivity contribution in [2.24, 2.45) is 17.3 Å². The lowest BCUT2D eigenvalue weighted by molar-refractivity contribution is 0.372. The summed E-state index contributed by atoms with van der Waals surface area (Å²) in [6.07, 6.45) is 2.27. The number of hydrogen-bond donors (Lipinski definition) is 1. The lowest BCUT2D eigenvalue weighted by atomic mass is 10.2. The summed E-state index contributed by atoms with van der Waals surface area (Å²) in [5.41, 5.74) is 0.960. The second-order valence-electron chi connectivity index (χ2n) is 3.62. The van der Waals surface area contributed by atoms with Gasteiger partial charge in [-0.3, -0.25) is 0 Å². The maximum Gasteiger partial charge on any atom is 0.402 e. The Hall–Kier alpha value is -1.04. The SMILES string of the molecule is N#[N+]C1=C(O)C2CC23CC13. The van der Waals surface area contributed by atoms with Crippen LogP contribution in [0.3, 0.4) is 0 Å². The van der Waals surface area contributed by atoms with Crippen LogP contribution in [-0.4, -0.2) is 5.11 Å². The lowest BCUT2D eigenvalue weighted by Crippen LogP contribution is -1.86. The number of nitrogens with zero attached hydrogens (tertiary/aromatic N) is 2. The van der Waals surface area contributed by atoms with Gasteiger partial charge in [0, 0.05) is 5.92 Å². The Balaban J connectivity index is 2.16. The Morgan fingerprint density at radius 2 is 2.20 bits per heavy atom. The average Bonchev–Trinajstić information content (AvgIpc) is 2.75. The first kappa shape index (κ1) is 4.73. The Kier molecular flexibility index (Phi) is 0.457. The summed E-state index contributed by atoms with van der Waals surface area (Å²) in [4.78, 5) is 3.10. The molecule has 2 fully saturated rings. The smallest absolute Gasteiger partial charge is 0.402 e. The molecule has 0 aromatic carbocycles. The van der Waals surface area contributed by atoms with E-state index in [-0.39, 0.29) is 0 Å². The highest BCUT2D eigenvalue weighted by atomic mass is 16.3. The van der Waals surface area contributed by atoms with Crippen LogP contribution in [-0.2, 0) is 0 Å². The van der Waals surface area contributed by atoms with E-state index in [0.717, 1.165) is 12.8 Å². The maximum absolute atomic E-state index is 9.32. The highest BCUT2D eigenvalue weighted by molar-refractivity contribution is 5.46. The van der Waals surface area contributed by atoms with Crippen LogP contribution < -0.4 is 0 Å². The van der Waals surface area contributed by atoms with Crippen LogP contribution in [0.5, 0.6) is 0 Å². The largest absolute Gasteiger partial charge is 0.505 e. The molecule has 3 nitrogen and oxygen atoms in total. The van der Waals surface area contributed by atoms with Crippen LogP contribution in [0.1, 0.15) is 12.8 Å². The highest BCUT2D eigenvalue weighted by Gasteiger charge is 2.82. The van der Waals surface area contributed by atoms with Crippen LogP contribution in [0.4, 0.5) is 0 Å². The molecule has 0 aromatic rings. The molecule has 50 valence electrons. The van der Waals surface area contributed by atoms with Gasteiger partial charge in [0.15, 0.2) is 10.7 Å². The number of rotatable bonds is 0. The fourth-order valence-corrected chi connectivity index (χ4v) is 2.47. The average molecular weight is 135 g/mol. The summed E-state index contributed by atoms with van der Waals surface area (Å²) < 4.78 is 0. The van der Waals surface area contributed by atoms with Gasteiger partial charge < -0.3 is 5.11 Å². The third kappa shape index (κ3) is 0.258. The first-order valence-corrected chi connectivity index (χ1v) is 3.58. The minimum absolute atomic E-state index is 0.360. The second kappa shape index (κ2) is 0.968. The van der Waals surface area contributed by atoms with E-state index in [2.05, 4.69) is 4.98 Å². The van der Waals surface area contributed by atoms with Gasteiger partial charge in [0.05, 0.1) is 5.92 Å². The predicted molar refractivity (Wildman–Crippen MR) is 33.4 cm³/mol. The highest BCUT2D eigenvalue weighted by Crippen LogP contribution is 2.83. The number of aliphatic hydroxyl groups is 1. The van der Waals surface area contributed by atoms with Crippen molar-refractivity contribution >= 4 is 0 Å². The van der Waals surface area contributed by atoms with Gasteiger partial charge in [-0.05, 0) is 18.3 Å². The molecule has 3 aliphatic rings. The van der Waals surface area contributed by atoms with Crippen LogP contribution >= 0.6 is 0 Å². The zero-order chi connectivity index (χ0) is 6.93. The zero-order valence-electron chi connectivity index (χ0n) is 5.41. The summed E-state index contributed by atoms with van der Waals surface area (Å²) in [5, 5.41) is 17.8. The zero-order valence-corrected chi connectivity index (χ0v) is 5.41. The van der Waals surface area contributed by atoms with E-state index in [1.807, 2.05) is 0 Å². The predicted octanol–water partition coefficient (Wildman–Crippen LogP) is 1.65. The minimum Gasteiger partial charge on any atom is -0.505 e. The van der Waals surface area contributed by atoms with Gasteiger partial charge in [0.1, 0.15) is 0 Å². The summed E-state index contributed by atoms with van der Waals surface area (Å²) in [7, 11) is 0. The van der Waals surface area contributed by atoms with Crippen LogP contribution in [0, 0.1) is 22.6 Å². The van der Waals surface area contributed by atoms with Crippen LogP contribution in [0.2, 0.25) is 0 Å². The first-order valence-electron chi connectivity index (χ1n) is 3.58. The summed E-state index contributed by atoms with van der Waals surface area (Å²) in [6, 6.07) is 0. The van der Waals surface area contributed by atoms with E-state index >= 15 is 0 Å². The van der Waals surface area contributed by atoms with Gasteiger partial charge >= 0.3 is 5.70 Å². The molecule has 0 bridgehead atoms. The molecule has 3 rings (SSSR count). The Morgan fingerprint density at radius 3 is 2.60 bits per heavy atom. The summed E-state index contributed by atoms with van der Waals surface area (Å²) in [6.45, 7) is 0. The van der Waals surface area contributed by atoms with Crippen LogP contribution in [0.15, 0.2) is 11.5 Å². The van der Waals surface area contributed by atoms with Crippen molar-refractivity contribution in [3.05, 3.63) is 16.4 Å². The number of hydrogen-bond acceptors (Lipinski definition) is 2. The molecule has 1 N–H and O–H groups in total. The Bertz CT molecular complexity index is 301. The second-order valence-corrected chi connectivity index (χ2v) is 3.62. The van der Waals surface area contributed by atoms with Crippen molar-refractivity contribution in [2.75, 3.05) is 0 Å². The molecule has 3 aliphatic carbocycles. The van der Waals surface area contributed by atoms with Crippen molar-refractivity contribution in [3.8, 4) is 0 Å². The minimum atomic E-state index is 0.360. The molecular formula is C7H7N2O+. The molecule has 0 radical (unpaired) electrons. The van der Waals surface area contributed by atoms with E-state index in [9.17, 15) is 5.11 Å². The lowest BCUT2D eigenvalue weighted by Gasteiger charge is -1.85. The molecule has 0 aliphatic heterocycles. The summed E-state index contributed by atoms with van der Waals surface area (Å²) in [5.74, 6) is 1.13. The third-order valence-corrected chi connectivity index (χ3v) is 3.27. The van der Waals surface area contributed by atoms with Crippen LogP contribution in [0.25, 0.3) is 4.98 Å². The van der Waals surface area contributed by atoms with Gasteiger partial charge in [0.2, 0.25) is 5.39 Å². The van der Waals surface area contributed by atoms with Gasteiger partial charge in [-0.25, -0.2) is 0 Å². The van der Waals surface area contributed by atoms with Gasteiger partial charge in [-0.15, -0.1) is 0 Å². The van der Waals surface area contributed by atoms with Gasteiger partial charge in [-0.1, -0.05) is 0 Å². The standard InChI is InChI=1S/C7H6N2O/c8-9-5-3-1-7(3)2-4(7)6(5)10/h3-4H,1-2H2/p+1. The molecule has 3 heteroatoms. The van der Waals surface area contributed by atoms with E-state index in [4.69, 9.17) is 5.39 Å². The molecule has 0 aromatic heterocycles. The van der Waals surface area contributed by atoms with E-state index < -0.39 is 0 Å². The van der Waals surface area contributed by atoms with Gasteiger partial charge in [0.25, 0.3) is 0 Å². The van der Waals surface area contributed by atoms with E-state index in [1.54, 1.807) is 0 Å². The molecule has 10 heavy (non-hydrogen) atoms. The third-order valence-electron chi connectivity index (χ3n) is 3.27. The molecule has 0 amide bonds. The molecule has 0 heterocycles. The van der Waals surface area contributed by atoms with E-state index in [1.165, 1.54) is 0 Å². The molecule has 0 saturated heterocycles. The first-order chi connectivity index (χ1) is 4.79. The van der Waals surface area contributed by atoms with Crippen molar-refractivity contribution in [2.45, 2.75) is 12.8 Å². The topological polar surface area (TPSA) is 48.4 Å². The molecule has 3 unspecified atom stereocenters. The number of diazo groups is 1. The molecule has 1 spiro atoms. The molecule has 3 atom stereocenters. The Labute approximate surface area is 58.0 Å². The monoisotopic (exact) mass is 135 g/mol. The summed E-state index contributed by atoms with van der Waals surface area (Å²) >= 11 is 0. The molecule has 2 saturated carbocycles. The quantitative estimate of drug-likeness (QED) is 0.513. The van der Waals surface area contributed by atoms with Gasteiger partial charge in [-0.2, -0.15) is 0 Å².